The Bertz CT molecular complexity index is 651. The Morgan fingerprint density at radius 2 is 1.95 bits per heavy atom. The Morgan fingerprint density at radius 3 is 2.68 bits per heavy atom. The lowest BCUT2D eigenvalue weighted by atomic mass is 10.1. The molecule has 1 atom stereocenters. The largest absolute Gasteiger partial charge is 0.291 e. The quantitative estimate of drug-likeness (QED) is 0.838. The van der Waals surface area contributed by atoms with E-state index in [4.69, 9.17) is 0 Å². The normalized spacial score (nSPS) is 18.7. The molecule has 4 nitrogen and oxygen atoms in total. The first-order chi connectivity index (χ1) is 9.24. The Balaban J connectivity index is 1.83. The molecule has 1 N–H and O–H groups in total. The second-order valence-corrected chi connectivity index (χ2v) is 4.83. The number of nitrogens with one attached hydrogen (secondary N) is 1. The average Bonchev–Trinajstić information content (AvgIpc) is 2.84. The van der Waals surface area contributed by atoms with Crippen molar-refractivity contribution in [1.29, 1.82) is 0 Å². The summed E-state index contributed by atoms with van der Waals surface area (Å²) >= 11 is 0. The number of carbonyl (C=O) groups is 1. The van der Waals surface area contributed by atoms with Crippen molar-refractivity contribution in [1.82, 2.24) is 5.32 Å². The maximum atomic E-state index is 12.1. The maximum Gasteiger partial charge on any atom is 0.276 e. The molecule has 0 spiro atoms. The van der Waals surface area contributed by atoms with Crippen LogP contribution >= 0.6 is 0 Å². The Labute approximate surface area is 111 Å². The molecule has 3 rings (SSSR count). The van der Waals surface area contributed by atoms with E-state index in [1.807, 2.05) is 36.4 Å². The van der Waals surface area contributed by atoms with Gasteiger partial charge in [-0.15, -0.1) is 0 Å². The van der Waals surface area contributed by atoms with Crippen LogP contribution in [0.1, 0.15) is 23.2 Å². The molecule has 0 aromatic heterocycles. The molecule has 1 aliphatic heterocycles. The van der Waals surface area contributed by atoms with Gasteiger partial charge in [-0.25, -0.2) is 0 Å². The maximum absolute atomic E-state index is 12.1. The highest BCUT2D eigenvalue weighted by Crippen LogP contribution is 2.16. The summed E-state index contributed by atoms with van der Waals surface area (Å²) in [5.74, 6) is -0.182. The summed E-state index contributed by atoms with van der Waals surface area (Å²) in [6, 6.07) is 13.5. The van der Waals surface area contributed by atoms with Crippen molar-refractivity contribution in [2.45, 2.75) is 19.0 Å². The number of hydrogen-bond donors (Lipinski definition) is 1. The van der Waals surface area contributed by atoms with Crippen molar-refractivity contribution in [3.8, 4) is 0 Å². The molecule has 0 saturated carbocycles. The lowest BCUT2D eigenvalue weighted by Gasteiger charge is -2.06. The van der Waals surface area contributed by atoms with E-state index in [0.29, 0.717) is 12.1 Å². The highest BCUT2D eigenvalue weighted by Gasteiger charge is 2.33. The van der Waals surface area contributed by atoms with Gasteiger partial charge in [-0.2, -0.15) is 0 Å². The first-order valence-electron chi connectivity index (χ1n) is 6.47. The van der Waals surface area contributed by atoms with E-state index in [1.54, 1.807) is 6.07 Å². The molecule has 4 heteroatoms. The Kier molecular flexibility index (Phi) is 2.99. The molecular formula is C15H15N2O2+. The van der Waals surface area contributed by atoms with E-state index >= 15 is 0 Å². The monoisotopic (exact) mass is 255 g/mol. The van der Waals surface area contributed by atoms with Crippen LogP contribution in [0.5, 0.6) is 0 Å². The minimum absolute atomic E-state index is 0.182. The zero-order valence-corrected chi connectivity index (χ0v) is 10.5. The van der Waals surface area contributed by atoms with E-state index in [9.17, 15) is 9.70 Å². The van der Waals surface area contributed by atoms with Gasteiger partial charge in [-0.3, -0.25) is 10.1 Å². The van der Waals surface area contributed by atoms with Gasteiger partial charge >= 0.3 is 0 Å². The first kappa shape index (κ1) is 11.8. The van der Waals surface area contributed by atoms with Crippen LogP contribution in [0.25, 0.3) is 10.8 Å². The van der Waals surface area contributed by atoms with Gasteiger partial charge in [-0.1, -0.05) is 30.3 Å². The van der Waals surface area contributed by atoms with E-state index in [0.717, 1.165) is 28.4 Å². The van der Waals surface area contributed by atoms with Gasteiger partial charge in [0.15, 0.2) is 6.54 Å². The lowest BCUT2D eigenvalue weighted by molar-refractivity contribution is -0.568. The third kappa shape index (κ3) is 2.34. The molecule has 0 radical (unpaired) electrons. The van der Waals surface area contributed by atoms with Gasteiger partial charge < -0.3 is 0 Å². The second kappa shape index (κ2) is 4.80. The molecule has 96 valence electrons. The lowest BCUT2D eigenvalue weighted by Crippen LogP contribution is -2.38. The molecular weight excluding hydrogens is 240 g/mol. The molecule has 1 aliphatic rings. The fourth-order valence-electron chi connectivity index (χ4n) is 2.45. The number of rotatable bonds is 2. The number of nitroso groups, excluding NO2 is 1. The van der Waals surface area contributed by atoms with Crippen LogP contribution in [-0.2, 0) is 0 Å². The molecule has 1 saturated heterocycles. The minimum atomic E-state index is -0.376. The van der Waals surface area contributed by atoms with Crippen LogP contribution in [0, 0.1) is 4.91 Å². The summed E-state index contributed by atoms with van der Waals surface area (Å²) in [6.07, 6.45) is 1.19. The van der Waals surface area contributed by atoms with Crippen LogP contribution in [0.15, 0.2) is 42.5 Å². The van der Waals surface area contributed by atoms with Gasteiger partial charge in [0.25, 0.3) is 12.1 Å². The Hall–Kier alpha value is -2.23. The van der Waals surface area contributed by atoms with Crippen molar-refractivity contribution in [2.24, 2.45) is 0 Å². The standard InChI is InChI=1S/C15H14N2O2/c18-15(16-14-6-3-9-17(14)19)13-8-7-11-4-1-2-5-12(11)10-13/h1-2,4-5,7-8,10,14H,3,6,9H2/p+1. The summed E-state index contributed by atoms with van der Waals surface area (Å²) < 4.78 is 0.943. The van der Waals surface area contributed by atoms with Crippen molar-refractivity contribution < 1.29 is 9.55 Å². The fourth-order valence-corrected chi connectivity index (χ4v) is 2.45. The van der Waals surface area contributed by atoms with Gasteiger partial charge in [0.1, 0.15) is 0 Å². The van der Waals surface area contributed by atoms with E-state index < -0.39 is 0 Å². The third-order valence-electron chi connectivity index (χ3n) is 3.51. The number of amides is 1. The molecule has 1 unspecified atom stereocenters. The van der Waals surface area contributed by atoms with E-state index in [1.165, 1.54) is 0 Å². The predicted molar refractivity (Wildman–Crippen MR) is 72.9 cm³/mol. The molecule has 19 heavy (non-hydrogen) atoms. The molecule has 1 fully saturated rings. The molecule has 2 aromatic rings. The summed E-state index contributed by atoms with van der Waals surface area (Å²) in [4.78, 5) is 23.6. The topological polar surface area (TPSA) is 49.2 Å². The van der Waals surface area contributed by atoms with Crippen LogP contribution in [0.2, 0.25) is 0 Å². The molecule has 1 amide bonds. The summed E-state index contributed by atoms with van der Waals surface area (Å²) in [7, 11) is 0. The van der Waals surface area contributed by atoms with Crippen molar-refractivity contribution in [2.75, 3.05) is 6.54 Å². The second-order valence-electron chi connectivity index (χ2n) is 4.83. The number of fused-ring (bicyclic) bond motifs is 1. The highest BCUT2D eigenvalue weighted by atomic mass is 16.3. The van der Waals surface area contributed by atoms with E-state index in [2.05, 4.69) is 5.32 Å². The van der Waals surface area contributed by atoms with Crippen LogP contribution in [-0.4, -0.2) is 23.4 Å². The van der Waals surface area contributed by atoms with Crippen molar-refractivity contribution >= 4 is 16.7 Å². The summed E-state index contributed by atoms with van der Waals surface area (Å²) in [5.41, 5.74) is 0.596. The highest BCUT2D eigenvalue weighted by molar-refractivity contribution is 5.98. The predicted octanol–water partition coefficient (Wildman–Crippen LogP) is 2.47. The zero-order chi connectivity index (χ0) is 13.2. The van der Waals surface area contributed by atoms with Crippen molar-refractivity contribution in [3.05, 3.63) is 52.9 Å². The van der Waals surface area contributed by atoms with Gasteiger partial charge in [0.2, 0.25) is 0 Å². The average molecular weight is 255 g/mol. The van der Waals surface area contributed by atoms with Crippen LogP contribution in [0.4, 0.5) is 0 Å². The van der Waals surface area contributed by atoms with Gasteiger partial charge in [0.05, 0.1) is 0 Å². The molecule has 2 aromatic carbocycles. The SMILES string of the molecule is O=C(NC1CCC[N+]1=O)c1ccc2ccccc2c1. The minimum Gasteiger partial charge on any atom is -0.291 e. The van der Waals surface area contributed by atoms with Crippen LogP contribution < -0.4 is 5.32 Å². The molecule has 1 heterocycles. The first-order valence-corrected chi connectivity index (χ1v) is 6.47. The summed E-state index contributed by atoms with van der Waals surface area (Å²) in [6.45, 7) is 0.503. The molecule has 0 bridgehead atoms. The van der Waals surface area contributed by atoms with Gasteiger partial charge in [0, 0.05) is 28.1 Å². The smallest absolute Gasteiger partial charge is 0.276 e. The van der Waals surface area contributed by atoms with Crippen LogP contribution in [0.3, 0.4) is 0 Å². The number of benzene rings is 2. The molecule has 0 aliphatic carbocycles. The Morgan fingerprint density at radius 1 is 1.16 bits per heavy atom. The number of hydrogen-bond acceptors (Lipinski definition) is 2. The zero-order valence-electron chi connectivity index (χ0n) is 10.5. The number of nitrogens with zero attached hydrogens (tertiary/aromatic N) is 1. The van der Waals surface area contributed by atoms with E-state index in [-0.39, 0.29) is 12.1 Å². The van der Waals surface area contributed by atoms with Crippen molar-refractivity contribution in [3.63, 3.8) is 0 Å². The van der Waals surface area contributed by atoms with Gasteiger partial charge in [-0.05, 0) is 22.9 Å². The fraction of sp³-hybridized carbons (Fsp3) is 0.267. The number of carbonyl (C=O) groups excluding carboxylic acids is 1. The summed E-state index contributed by atoms with van der Waals surface area (Å²) in [5, 5.41) is 4.91. The third-order valence-corrected chi connectivity index (χ3v) is 3.51.